The molecule has 0 aliphatic carbocycles. The highest BCUT2D eigenvalue weighted by molar-refractivity contribution is 5.85. The van der Waals surface area contributed by atoms with Crippen molar-refractivity contribution in [2.75, 3.05) is 6.54 Å². The van der Waals surface area contributed by atoms with Gasteiger partial charge in [-0.05, 0) is 19.4 Å². The molecule has 1 nitrogen and oxygen atoms in total. The van der Waals surface area contributed by atoms with E-state index in [1.165, 1.54) is 6.92 Å². The van der Waals surface area contributed by atoms with Crippen LogP contribution < -0.4 is 5.32 Å². The van der Waals surface area contributed by atoms with Gasteiger partial charge in [-0.2, -0.15) is 0 Å². The standard InChI is InChI=1S/C8H15F2N.ClH/c1-2-8(9,10)7-5-3-4-6-11-7;/h7,11H,2-6H2,1H3;1H. The molecule has 1 atom stereocenters. The average Bonchev–Trinajstić information content (AvgIpc) is 2.06. The van der Waals surface area contributed by atoms with Crippen molar-refractivity contribution in [1.29, 1.82) is 0 Å². The second kappa shape index (κ2) is 4.97. The Morgan fingerprint density at radius 1 is 1.42 bits per heavy atom. The molecule has 1 unspecified atom stereocenters. The number of alkyl halides is 2. The lowest BCUT2D eigenvalue weighted by Crippen LogP contribution is -2.47. The minimum Gasteiger partial charge on any atom is -0.309 e. The first-order chi connectivity index (χ1) is 5.17. The van der Waals surface area contributed by atoms with Crippen LogP contribution in [0.4, 0.5) is 8.78 Å². The Morgan fingerprint density at radius 2 is 2.08 bits per heavy atom. The highest BCUT2D eigenvalue weighted by Crippen LogP contribution is 2.27. The monoisotopic (exact) mass is 199 g/mol. The summed E-state index contributed by atoms with van der Waals surface area (Å²) < 4.78 is 26.0. The van der Waals surface area contributed by atoms with Crippen LogP contribution in [0.2, 0.25) is 0 Å². The Morgan fingerprint density at radius 3 is 2.50 bits per heavy atom. The molecule has 0 amide bonds. The van der Waals surface area contributed by atoms with Gasteiger partial charge >= 0.3 is 0 Å². The lowest BCUT2D eigenvalue weighted by atomic mass is 9.98. The molecular formula is C8H16ClF2N. The SMILES string of the molecule is CCC(F)(F)C1CCCCN1.Cl. The van der Waals surface area contributed by atoms with E-state index in [0.717, 1.165) is 19.4 Å². The van der Waals surface area contributed by atoms with E-state index in [9.17, 15) is 8.78 Å². The lowest BCUT2D eigenvalue weighted by Gasteiger charge is -2.30. The van der Waals surface area contributed by atoms with Crippen LogP contribution in [0, 0.1) is 0 Å². The third-order valence-electron chi connectivity index (χ3n) is 2.29. The molecule has 1 N–H and O–H groups in total. The van der Waals surface area contributed by atoms with Gasteiger partial charge in [0.1, 0.15) is 0 Å². The zero-order valence-electron chi connectivity index (χ0n) is 7.28. The first-order valence-electron chi connectivity index (χ1n) is 4.28. The van der Waals surface area contributed by atoms with Crippen molar-refractivity contribution in [3.63, 3.8) is 0 Å². The molecule has 0 aromatic heterocycles. The predicted molar refractivity (Wildman–Crippen MR) is 48.1 cm³/mol. The van der Waals surface area contributed by atoms with Gasteiger partial charge < -0.3 is 5.32 Å². The number of halogens is 3. The Labute approximate surface area is 78.3 Å². The average molecular weight is 200 g/mol. The topological polar surface area (TPSA) is 12.0 Å². The molecule has 1 heterocycles. The molecule has 0 radical (unpaired) electrons. The fourth-order valence-electron chi connectivity index (χ4n) is 1.46. The summed E-state index contributed by atoms with van der Waals surface area (Å²) in [5.74, 6) is -2.50. The van der Waals surface area contributed by atoms with Gasteiger partial charge in [0.25, 0.3) is 5.92 Å². The second-order valence-corrected chi connectivity index (χ2v) is 3.12. The molecule has 0 aromatic carbocycles. The van der Waals surface area contributed by atoms with Crippen molar-refractivity contribution in [3.8, 4) is 0 Å². The Kier molecular flexibility index (Phi) is 5.02. The summed E-state index contributed by atoms with van der Waals surface area (Å²) in [6.45, 7) is 2.29. The van der Waals surface area contributed by atoms with E-state index in [-0.39, 0.29) is 18.8 Å². The molecule has 1 rings (SSSR count). The quantitative estimate of drug-likeness (QED) is 0.721. The first-order valence-corrected chi connectivity index (χ1v) is 4.28. The van der Waals surface area contributed by atoms with Crippen LogP contribution in [0.25, 0.3) is 0 Å². The first kappa shape index (κ1) is 12.1. The van der Waals surface area contributed by atoms with Crippen LogP contribution in [0.3, 0.4) is 0 Å². The molecule has 0 spiro atoms. The number of nitrogens with one attached hydrogen (secondary N) is 1. The molecule has 4 heteroatoms. The van der Waals surface area contributed by atoms with E-state index >= 15 is 0 Å². The van der Waals surface area contributed by atoms with Gasteiger partial charge in [0.15, 0.2) is 0 Å². The highest BCUT2D eigenvalue weighted by Gasteiger charge is 2.37. The van der Waals surface area contributed by atoms with Crippen molar-refractivity contribution < 1.29 is 8.78 Å². The molecule has 0 bridgehead atoms. The van der Waals surface area contributed by atoms with Crippen molar-refractivity contribution in [2.24, 2.45) is 0 Å². The third kappa shape index (κ3) is 2.87. The highest BCUT2D eigenvalue weighted by atomic mass is 35.5. The summed E-state index contributed by atoms with van der Waals surface area (Å²) in [7, 11) is 0. The van der Waals surface area contributed by atoms with Crippen LogP contribution in [-0.4, -0.2) is 18.5 Å². The Bertz CT molecular complexity index is 124. The lowest BCUT2D eigenvalue weighted by molar-refractivity contribution is -0.0478. The van der Waals surface area contributed by atoms with Crippen molar-refractivity contribution >= 4 is 12.4 Å². The summed E-state index contributed by atoms with van der Waals surface area (Å²) >= 11 is 0. The predicted octanol–water partition coefficient (Wildman–Crippen LogP) is 2.60. The molecule has 12 heavy (non-hydrogen) atoms. The van der Waals surface area contributed by atoms with Crippen LogP contribution in [-0.2, 0) is 0 Å². The third-order valence-corrected chi connectivity index (χ3v) is 2.29. The van der Waals surface area contributed by atoms with Gasteiger partial charge in [-0.15, -0.1) is 12.4 Å². The van der Waals surface area contributed by atoms with Crippen LogP contribution in [0.5, 0.6) is 0 Å². The largest absolute Gasteiger partial charge is 0.309 e. The van der Waals surface area contributed by atoms with Crippen molar-refractivity contribution in [1.82, 2.24) is 5.32 Å². The molecular weight excluding hydrogens is 184 g/mol. The van der Waals surface area contributed by atoms with Crippen LogP contribution in [0.15, 0.2) is 0 Å². The summed E-state index contributed by atoms with van der Waals surface area (Å²) in [4.78, 5) is 0. The smallest absolute Gasteiger partial charge is 0.262 e. The molecule has 74 valence electrons. The van der Waals surface area contributed by atoms with Gasteiger partial charge in [0.2, 0.25) is 0 Å². The molecule has 1 saturated heterocycles. The van der Waals surface area contributed by atoms with Gasteiger partial charge in [-0.1, -0.05) is 13.3 Å². The van der Waals surface area contributed by atoms with Gasteiger partial charge in [-0.25, -0.2) is 8.78 Å². The normalized spacial score (nSPS) is 24.8. The Balaban J connectivity index is 0.00000121. The van der Waals surface area contributed by atoms with Crippen molar-refractivity contribution in [3.05, 3.63) is 0 Å². The molecule has 0 saturated carbocycles. The van der Waals surface area contributed by atoms with E-state index in [2.05, 4.69) is 5.32 Å². The zero-order valence-corrected chi connectivity index (χ0v) is 8.09. The maximum atomic E-state index is 13.0. The molecule has 1 fully saturated rings. The maximum absolute atomic E-state index is 13.0. The van der Waals surface area contributed by atoms with E-state index in [1.54, 1.807) is 0 Å². The number of hydrogen-bond acceptors (Lipinski definition) is 1. The van der Waals surface area contributed by atoms with Crippen LogP contribution >= 0.6 is 12.4 Å². The number of hydrogen-bond donors (Lipinski definition) is 1. The molecule has 1 aliphatic heterocycles. The summed E-state index contributed by atoms with van der Waals surface area (Å²) in [6, 6.07) is -0.568. The fraction of sp³-hybridized carbons (Fsp3) is 1.00. The minimum atomic E-state index is -2.50. The van der Waals surface area contributed by atoms with E-state index < -0.39 is 12.0 Å². The summed E-state index contributed by atoms with van der Waals surface area (Å²) in [6.07, 6.45) is 2.55. The molecule has 0 aromatic rings. The van der Waals surface area contributed by atoms with Crippen LogP contribution in [0.1, 0.15) is 32.6 Å². The zero-order chi connectivity index (χ0) is 8.32. The summed E-state index contributed by atoms with van der Waals surface area (Å²) in [5.41, 5.74) is 0. The minimum absolute atomic E-state index is 0. The van der Waals surface area contributed by atoms with E-state index in [4.69, 9.17) is 0 Å². The fourth-order valence-corrected chi connectivity index (χ4v) is 1.46. The number of piperidine rings is 1. The second-order valence-electron chi connectivity index (χ2n) is 3.12. The van der Waals surface area contributed by atoms with Gasteiger partial charge in [0, 0.05) is 6.42 Å². The maximum Gasteiger partial charge on any atom is 0.262 e. The van der Waals surface area contributed by atoms with E-state index in [0.29, 0.717) is 6.42 Å². The number of rotatable bonds is 2. The summed E-state index contributed by atoms with van der Waals surface area (Å²) in [5, 5.41) is 2.86. The van der Waals surface area contributed by atoms with Gasteiger partial charge in [-0.3, -0.25) is 0 Å². The molecule has 1 aliphatic rings. The van der Waals surface area contributed by atoms with E-state index in [1.807, 2.05) is 0 Å². The van der Waals surface area contributed by atoms with Gasteiger partial charge in [0.05, 0.1) is 6.04 Å². The van der Waals surface area contributed by atoms with Crippen molar-refractivity contribution in [2.45, 2.75) is 44.6 Å². The Hall–Kier alpha value is 0.110.